The topological polar surface area (TPSA) is 56.5 Å². The smallest absolute Gasteiger partial charge is 0.237 e. The van der Waals surface area contributed by atoms with Crippen LogP contribution >= 0.6 is 0 Å². The molecule has 0 saturated heterocycles. The second-order valence-electron chi connectivity index (χ2n) is 7.14. The van der Waals surface area contributed by atoms with Crippen molar-refractivity contribution in [3.63, 3.8) is 0 Å². The van der Waals surface area contributed by atoms with Crippen molar-refractivity contribution in [1.29, 1.82) is 0 Å². The lowest BCUT2D eigenvalue weighted by Crippen LogP contribution is -2.34. The van der Waals surface area contributed by atoms with Gasteiger partial charge in [0.05, 0.1) is 18.4 Å². The van der Waals surface area contributed by atoms with Crippen molar-refractivity contribution in [3.8, 4) is 11.3 Å². The summed E-state index contributed by atoms with van der Waals surface area (Å²) >= 11 is 0. The molecule has 4 heteroatoms. The number of carbonyl (C=O) groups excluding carboxylic acids is 2. The summed E-state index contributed by atoms with van der Waals surface area (Å²) in [6.07, 6.45) is 4.36. The Morgan fingerprint density at radius 3 is 2.71 bits per heavy atom. The van der Waals surface area contributed by atoms with Gasteiger partial charge in [-0.2, -0.15) is 0 Å². The number of ether oxygens (including phenoxy) is 1. The molecule has 0 aliphatic heterocycles. The number of carbonyl (C=O) groups is 2. The Hall–Kier alpha value is -2.20. The SMILES string of the molecule is COCC1(C)CCCc2c1ccc1c2C(=O)C(=O)c2c(C)coc2-1. The molecule has 24 heavy (non-hydrogen) atoms. The van der Waals surface area contributed by atoms with Gasteiger partial charge >= 0.3 is 0 Å². The van der Waals surface area contributed by atoms with Crippen molar-refractivity contribution in [2.45, 2.75) is 38.5 Å². The number of ketones is 2. The fourth-order valence-corrected chi connectivity index (χ4v) is 4.33. The van der Waals surface area contributed by atoms with Gasteiger partial charge in [-0.15, -0.1) is 0 Å². The van der Waals surface area contributed by atoms with Crippen LogP contribution < -0.4 is 0 Å². The van der Waals surface area contributed by atoms with Crippen LogP contribution in [0, 0.1) is 6.92 Å². The van der Waals surface area contributed by atoms with Crippen molar-refractivity contribution in [1.82, 2.24) is 0 Å². The Labute approximate surface area is 140 Å². The van der Waals surface area contributed by atoms with Crippen LogP contribution in [0.5, 0.6) is 0 Å². The van der Waals surface area contributed by atoms with Crippen LogP contribution in [-0.4, -0.2) is 25.3 Å². The third-order valence-corrected chi connectivity index (χ3v) is 5.46. The van der Waals surface area contributed by atoms with Crippen molar-refractivity contribution in [2.24, 2.45) is 0 Å². The lowest BCUT2D eigenvalue weighted by atomic mass is 9.68. The van der Waals surface area contributed by atoms with E-state index >= 15 is 0 Å². The van der Waals surface area contributed by atoms with Crippen LogP contribution in [0.4, 0.5) is 0 Å². The quantitative estimate of drug-likeness (QED) is 0.787. The average Bonchev–Trinajstić information content (AvgIpc) is 2.94. The zero-order valence-corrected chi connectivity index (χ0v) is 14.2. The van der Waals surface area contributed by atoms with Gasteiger partial charge in [-0.05, 0) is 42.9 Å². The van der Waals surface area contributed by atoms with Gasteiger partial charge in [-0.3, -0.25) is 9.59 Å². The van der Waals surface area contributed by atoms with Gasteiger partial charge < -0.3 is 9.15 Å². The van der Waals surface area contributed by atoms with Crippen molar-refractivity contribution >= 4 is 11.6 Å². The second kappa shape index (κ2) is 5.15. The van der Waals surface area contributed by atoms with Gasteiger partial charge in [0, 0.05) is 23.7 Å². The number of hydrogen-bond donors (Lipinski definition) is 0. The van der Waals surface area contributed by atoms with E-state index in [1.165, 1.54) is 0 Å². The largest absolute Gasteiger partial charge is 0.463 e. The Kier molecular flexibility index (Phi) is 3.29. The van der Waals surface area contributed by atoms with Crippen LogP contribution in [0.2, 0.25) is 0 Å². The predicted molar refractivity (Wildman–Crippen MR) is 89.7 cm³/mol. The van der Waals surface area contributed by atoms with Gasteiger partial charge in [0.2, 0.25) is 11.6 Å². The highest BCUT2D eigenvalue weighted by Gasteiger charge is 2.40. The molecule has 2 aliphatic rings. The second-order valence-corrected chi connectivity index (χ2v) is 7.14. The summed E-state index contributed by atoms with van der Waals surface area (Å²) < 4.78 is 11.0. The number of methoxy groups -OCH3 is 1. The van der Waals surface area contributed by atoms with E-state index in [1.54, 1.807) is 20.3 Å². The predicted octanol–water partition coefficient (Wildman–Crippen LogP) is 3.87. The number of rotatable bonds is 2. The standard InChI is InChI=1S/C20H20O4/c1-11-9-24-19-13-6-7-14-12(5-4-8-20(14,2)10-23-3)16(13)18(22)17(21)15(11)19/h6-7,9H,4-5,8,10H2,1-3H3. The van der Waals surface area contributed by atoms with E-state index in [-0.39, 0.29) is 5.41 Å². The summed E-state index contributed by atoms with van der Waals surface area (Å²) in [4.78, 5) is 25.4. The molecule has 0 spiro atoms. The monoisotopic (exact) mass is 324 g/mol. The van der Waals surface area contributed by atoms with E-state index < -0.39 is 11.6 Å². The number of furan rings is 1. The summed E-state index contributed by atoms with van der Waals surface area (Å²) in [6, 6.07) is 4.01. The molecule has 1 aromatic carbocycles. The molecule has 0 bridgehead atoms. The number of hydrogen-bond acceptors (Lipinski definition) is 4. The molecular formula is C20H20O4. The summed E-state index contributed by atoms with van der Waals surface area (Å²) in [5, 5.41) is 0. The highest BCUT2D eigenvalue weighted by Crippen LogP contribution is 2.45. The highest BCUT2D eigenvalue weighted by molar-refractivity contribution is 6.53. The zero-order valence-electron chi connectivity index (χ0n) is 14.2. The zero-order chi connectivity index (χ0) is 17.1. The number of benzene rings is 1. The molecule has 0 saturated carbocycles. The summed E-state index contributed by atoms with van der Waals surface area (Å²) in [6.45, 7) is 4.57. The molecule has 1 heterocycles. The Balaban J connectivity index is 2.00. The number of Topliss-reactive ketones (excluding diaryl/α,β-unsaturated/α-hetero) is 2. The van der Waals surface area contributed by atoms with E-state index in [1.807, 2.05) is 6.07 Å². The molecule has 0 fully saturated rings. The molecule has 2 aromatic rings. The van der Waals surface area contributed by atoms with Gasteiger partial charge in [-0.1, -0.05) is 19.1 Å². The molecular weight excluding hydrogens is 304 g/mol. The van der Waals surface area contributed by atoms with E-state index in [0.717, 1.165) is 41.5 Å². The van der Waals surface area contributed by atoms with Gasteiger partial charge in [0.25, 0.3) is 0 Å². The van der Waals surface area contributed by atoms with Crippen molar-refractivity contribution in [2.75, 3.05) is 13.7 Å². The summed E-state index contributed by atoms with van der Waals surface area (Å²) in [5.74, 6) is -0.314. The highest BCUT2D eigenvalue weighted by atomic mass is 16.5. The molecule has 0 amide bonds. The maximum absolute atomic E-state index is 12.8. The summed E-state index contributed by atoms with van der Waals surface area (Å²) in [7, 11) is 1.70. The first-order chi connectivity index (χ1) is 11.5. The molecule has 0 N–H and O–H groups in total. The van der Waals surface area contributed by atoms with Crippen LogP contribution in [0.3, 0.4) is 0 Å². The fraction of sp³-hybridized carbons (Fsp3) is 0.400. The first-order valence-corrected chi connectivity index (χ1v) is 8.31. The van der Waals surface area contributed by atoms with E-state index in [2.05, 4.69) is 13.0 Å². The first kappa shape index (κ1) is 15.3. The Morgan fingerprint density at radius 2 is 1.96 bits per heavy atom. The first-order valence-electron chi connectivity index (χ1n) is 8.31. The van der Waals surface area contributed by atoms with Crippen LogP contribution in [0.25, 0.3) is 11.3 Å². The van der Waals surface area contributed by atoms with E-state index in [0.29, 0.717) is 23.5 Å². The lowest BCUT2D eigenvalue weighted by molar-refractivity contribution is 0.0812. The van der Waals surface area contributed by atoms with Gasteiger partial charge in [-0.25, -0.2) is 0 Å². The van der Waals surface area contributed by atoms with Crippen LogP contribution in [0.15, 0.2) is 22.8 Å². The maximum Gasteiger partial charge on any atom is 0.237 e. The molecule has 2 aliphatic carbocycles. The minimum absolute atomic E-state index is 0.125. The molecule has 1 atom stereocenters. The fourth-order valence-electron chi connectivity index (χ4n) is 4.33. The third kappa shape index (κ3) is 1.89. The molecule has 124 valence electrons. The molecule has 1 aromatic heterocycles. The van der Waals surface area contributed by atoms with E-state index in [4.69, 9.17) is 9.15 Å². The van der Waals surface area contributed by atoms with Gasteiger partial charge in [0.1, 0.15) is 5.76 Å². The molecule has 1 unspecified atom stereocenters. The molecule has 4 rings (SSSR count). The molecule has 4 nitrogen and oxygen atoms in total. The Morgan fingerprint density at radius 1 is 1.21 bits per heavy atom. The van der Waals surface area contributed by atoms with Crippen molar-refractivity contribution in [3.05, 3.63) is 46.2 Å². The normalized spacial score (nSPS) is 22.1. The minimum atomic E-state index is -0.448. The molecule has 0 radical (unpaired) electrons. The Bertz CT molecular complexity index is 874. The maximum atomic E-state index is 12.8. The number of aryl methyl sites for hydroxylation is 1. The minimum Gasteiger partial charge on any atom is -0.463 e. The number of fused-ring (bicyclic) bond motifs is 5. The summed E-state index contributed by atoms with van der Waals surface area (Å²) in [5.41, 5.74) is 4.43. The lowest BCUT2D eigenvalue weighted by Gasteiger charge is -2.37. The van der Waals surface area contributed by atoms with Crippen LogP contribution in [0.1, 0.15) is 57.2 Å². The van der Waals surface area contributed by atoms with Crippen molar-refractivity contribution < 1.29 is 18.7 Å². The third-order valence-electron chi connectivity index (χ3n) is 5.46. The van der Waals surface area contributed by atoms with Gasteiger partial charge in [0.15, 0.2) is 0 Å². The van der Waals surface area contributed by atoms with Crippen LogP contribution in [-0.2, 0) is 16.6 Å². The average molecular weight is 324 g/mol. The van der Waals surface area contributed by atoms with E-state index in [9.17, 15) is 9.59 Å².